The van der Waals surface area contributed by atoms with Gasteiger partial charge in [-0.1, -0.05) is 84.4 Å². The molecule has 0 aliphatic rings. The van der Waals surface area contributed by atoms with Crippen LogP contribution in [0.1, 0.15) is 75.6 Å². The van der Waals surface area contributed by atoms with Gasteiger partial charge in [0.2, 0.25) is 0 Å². The molecule has 0 N–H and O–H groups in total. The van der Waals surface area contributed by atoms with E-state index in [9.17, 15) is 35.9 Å². The van der Waals surface area contributed by atoms with Gasteiger partial charge in [0.15, 0.2) is 0 Å². The van der Waals surface area contributed by atoms with Crippen LogP contribution in [0, 0.1) is 6.92 Å². The minimum absolute atomic E-state index is 0.0302. The first-order chi connectivity index (χ1) is 24.8. The van der Waals surface area contributed by atoms with E-state index >= 15 is 0 Å². The molecule has 4 rings (SSSR count). The zero-order valence-electron chi connectivity index (χ0n) is 29.7. The summed E-state index contributed by atoms with van der Waals surface area (Å²) in [7, 11) is 1.47. The first-order valence-electron chi connectivity index (χ1n) is 16.4. The van der Waals surface area contributed by atoms with Crippen LogP contribution in [0.5, 0.6) is 0 Å². The lowest BCUT2D eigenvalue weighted by molar-refractivity contribution is -0.138. The smallest absolute Gasteiger partial charge is 0.416 e. The highest BCUT2D eigenvalue weighted by Gasteiger charge is 2.34. The molecule has 0 aromatic heterocycles. The molecule has 0 unspecified atom stereocenters. The summed E-state index contributed by atoms with van der Waals surface area (Å²) in [6.45, 7) is 7.22. The van der Waals surface area contributed by atoms with Crippen molar-refractivity contribution >= 4 is 48.3 Å². The summed E-state index contributed by atoms with van der Waals surface area (Å²) in [6, 6.07) is 17.0. The summed E-state index contributed by atoms with van der Waals surface area (Å²) in [5, 5.41) is 0.242. The lowest BCUT2D eigenvalue weighted by Gasteiger charge is -2.27. The Morgan fingerprint density at radius 3 is 1.89 bits per heavy atom. The van der Waals surface area contributed by atoms with Crippen LogP contribution in [-0.2, 0) is 28.4 Å². The van der Waals surface area contributed by atoms with Crippen molar-refractivity contribution in [3.8, 4) is 11.1 Å². The fourth-order valence-electron chi connectivity index (χ4n) is 5.51. The Morgan fingerprint density at radius 1 is 0.755 bits per heavy atom. The summed E-state index contributed by atoms with van der Waals surface area (Å²) >= 11 is 6.86. The van der Waals surface area contributed by atoms with Gasteiger partial charge in [-0.3, -0.25) is 4.79 Å². The SMILES string of the molecule is COCCN(Cc1ccc(C(F)(F)F)c(/C=C/c2cccc(-c3cccc(/C=C/c4cc(C=O)ccc4C(F)(F)F)c3C)c2Cl)c1)C(=O)OC(C)(C)C. The first-order valence-corrected chi connectivity index (χ1v) is 16.8. The van der Waals surface area contributed by atoms with Crippen molar-refractivity contribution in [2.75, 3.05) is 20.3 Å². The second-order valence-electron chi connectivity index (χ2n) is 13.2. The van der Waals surface area contributed by atoms with Crippen LogP contribution in [0.2, 0.25) is 5.02 Å². The van der Waals surface area contributed by atoms with Crippen molar-refractivity contribution in [1.29, 1.82) is 0 Å². The number of alkyl halides is 6. The molecular formula is C41H38ClF6NO4. The molecule has 0 atom stereocenters. The Labute approximate surface area is 309 Å². The number of halogens is 7. The van der Waals surface area contributed by atoms with Crippen molar-refractivity contribution in [3.63, 3.8) is 0 Å². The van der Waals surface area contributed by atoms with Crippen LogP contribution in [0.15, 0.2) is 72.8 Å². The number of nitrogens with zero attached hydrogens (tertiary/aromatic N) is 1. The molecule has 0 radical (unpaired) electrons. The highest BCUT2D eigenvalue weighted by atomic mass is 35.5. The number of hydrogen-bond donors (Lipinski definition) is 0. The molecule has 4 aromatic rings. The summed E-state index contributed by atoms with van der Waals surface area (Å²) in [5.41, 5.74) is 0.541. The summed E-state index contributed by atoms with van der Waals surface area (Å²) in [6.07, 6.45) is -3.89. The van der Waals surface area contributed by atoms with Gasteiger partial charge in [-0.2, -0.15) is 26.3 Å². The van der Waals surface area contributed by atoms with E-state index in [1.54, 1.807) is 64.1 Å². The number of amides is 1. The third-order valence-corrected chi connectivity index (χ3v) is 8.53. The van der Waals surface area contributed by atoms with Crippen molar-refractivity contribution in [1.82, 2.24) is 4.90 Å². The Balaban J connectivity index is 1.69. The van der Waals surface area contributed by atoms with E-state index in [0.717, 1.165) is 24.3 Å². The average molecular weight is 758 g/mol. The largest absolute Gasteiger partial charge is 0.444 e. The van der Waals surface area contributed by atoms with Crippen LogP contribution in [0.4, 0.5) is 31.1 Å². The molecule has 5 nitrogen and oxygen atoms in total. The Bertz CT molecular complexity index is 2010. The molecule has 0 spiro atoms. The van der Waals surface area contributed by atoms with Gasteiger partial charge < -0.3 is 14.4 Å². The van der Waals surface area contributed by atoms with Crippen LogP contribution in [0.3, 0.4) is 0 Å². The lowest BCUT2D eigenvalue weighted by Crippen LogP contribution is -2.38. The second-order valence-corrected chi connectivity index (χ2v) is 13.5. The number of aldehydes is 1. The number of carbonyl (C=O) groups is 2. The van der Waals surface area contributed by atoms with Crippen molar-refractivity contribution < 1.29 is 45.4 Å². The number of benzene rings is 4. The van der Waals surface area contributed by atoms with E-state index in [2.05, 4.69) is 0 Å². The van der Waals surface area contributed by atoms with Gasteiger partial charge in [0, 0.05) is 31.3 Å². The van der Waals surface area contributed by atoms with E-state index in [0.29, 0.717) is 39.7 Å². The van der Waals surface area contributed by atoms with Crippen molar-refractivity contribution in [2.45, 2.75) is 52.2 Å². The van der Waals surface area contributed by atoms with Gasteiger partial charge >= 0.3 is 18.4 Å². The molecule has 1 amide bonds. The molecule has 12 heteroatoms. The Morgan fingerprint density at radius 2 is 1.30 bits per heavy atom. The van der Waals surface area contributed by atoms with Gasteiger partial charge in [-0.15, -0.1) is 0 Å². The Kier molecular flexibility index (Phi) is 13.0. The van der Waals surface area contributed by atoms with Gasteiger partial charge in [-0.25, -0.2) is 4.79 Å². The number of carbonyl (C=O) groups excluding carboxylic acids is 2. The molecule has 53 heavy (non-hydrogen) atoms. The molecule has 0 aliphatic heterocycles. The van der Waals surface area contributed by atoms with Crippen LogP contribution >= 0.6 is 11.6 Å². The van der Waals surface area contributed by atoms with Gasteiger partial charge in [-0.05, 0) is 90.9 Å². The number of ether oxygens (including phenoxy) is 2. The van der Waals surface area contributed by atoms with E-state index in [1.807, 2.05) is 0 Å². The summed E-state index contributed by atoms with van der Waals surface area (Å²) in [4.78, 5) is 25.5. The standard InChI is InChI=1S/C41H38ClF6NO4/c1-26-29(14-16-32-23-28(25-50)13-19-36(32)41(46,47)48)8-6-10-33(26)34-11-7-9-30(37(34)42)15-17-31-22-27(12-18-35(31)40(43,44)45)24-49(20-21-52-5)38(51)53-39(2,3)4/h6-19,22-23,25H,20-21,24H2,1-5H3/b16-14+,17-15+. The molecule has 0 bridgehead atoms. The van der Waals surface area contributed by atoms with E-state index < -0.39 is 35.2 Å². The number of hydrogen-bond acceptors (Lipinski definition) is 4. The molecular weight excluding hydrogens is 720 g/mol. The summed E-state index contributed by atoms with van der Waals surface area (Å²) in [5.74, 6) is 0. The quantitative estimate of drug-likeness (QED) is 0.0868. The maximum absolute atomic E-state index is 14.1. The number of methoxy groups -OCH3 is 1. The lowest BCUT2D eigenvalue weighted by atomic mass is 9.94. The van der Waals surface area contributed by atoms with E-state index in [1.165, 1.54) is 48.4 Å². The highest BCUT2D eigenvalue weighted by molar-refractivity contribution is 6.35. The molecule has 0 saturated heterocycles. The minimum atomic E-state index is -4.68. The zero-order chi connectivity index (χ0) is 39.1. The summed E-state index contributed by atoms with van der Waals surface area (Å²) < 4.78 is 94.1. The third kappa shape index (κ3) is 10.8. The monoisotopic (exact) mass is 757 g/mol. The maximum atomic E-state index is 14.1. The average Bonchev–Trinajstić information content (AvgIpc) is 3.07. The van der Waals surface area contributed by atoms with Crippen molar-refractivity contribution in [3.05, 3.63) is 128 Å². The fourth-order valence-corrected chi connectivity index (χ4v) is 5.80. The fraction of sp³-hybridized carbons (Fsp3) is 0.268. The first kappa shape index (κ1) is 40.9. The minimum Gasteiger partial charge on any atom is -0.444 e. The predicted octanol–water partition coefficient (Wildman–Crippen LogP) is 11.9. The van der Waals surface area contributed by atoms with Crippen LogP contribution in [0.25, 0.3) is 35.4 Å². The third-order valence-electron chi connectivity index (χ3n) is 8.11. The molecule has 0 heterocycles. The van der Waals surface area contributed by atoms with Crippen LogP contribution in [-0.4, -0.2) is 43.1 Å². The van der Waals surface area contributed by atoms with E-state index in [-0.39, 0.29) is 41.4 Å². The number of rotatable bonds is 11. The molecule has 0 aliphatic carbocycles. The van der Waals surface area contributed by atoms with Gasteiger partial charge in [0.05, 0.1) is 22.8 Å². The normalized spacial score (nSPS) is 12.5. The molecule has 0 saturated carbocycles. The van der Waals surface area contributed by atoms with Crippen LogP contribution < -0.4 is 0 Å². The van der Waals surface area contributed by atoms with Crippen molar-refractivity contribution in [2.24, 2.45) is 0 Å². The Hall–Kier alpha value is -4.87. The molecule has 0 fully saturated rings. The van der Waals surface area contributed by atoms with Gasteiger partial charge in [0.25, 0.3) is 0 Å². The highest BCUT2D eigenvalue weighted by Crippen LogP contribution is 2.38. The zero-order valence-corrected chi connectivity index (χ0v) is 30.4. The van der Waals surface area contributed by atoms with Gasteiger partial charge in [0.1, 0.15) is 11.9 Å². The second kappa shape index (κ2) is 16.9. The topological polar surface area (TPSA) is 55.8 Å². The predicted molar refractivity (Wildman–Crippen MR) is 196 cm³/mol. The van der Waals surface area contributed by atoms with E-state index in [4.69, 9.17) is 21.1 Å². The molecule has 280 valence electrons. The molecule has 4 aromatic carbocycles. The maximum Gasteiger partial charge on any atom is 0.416 e.